The summed E-state index contributed by atoms with van der Waals surface area (Å²) in [5.74, 6) is -0.382. The molecule has 2 heterocycles. The van der Waals surface area contributed by atoms with Gasteiger partial charge in [0.2, 0.25) is 11.0 Å². The molecule has 0 saturated heterocycles. The predicted octanol–water partition coefficient (Wildman–Crippen LogP) is 4.81. The van der Waals surface area contributed by atoms with Crippen LogP contribution < -0.4 is 10.1 Å². The number of nitrogens with zero attached hydrogens (tertiary/aromatic N) is 3. The SMILES string of the molecule is CC(C)(C)c1nnc(NC(=O)/C=C/c2ccc(Oc3cccnc3)c(F)c2)s1. The Morgan fingerprint density at radius 1 is 1.25 bits per heavy atom. The number of amides is 1. The maximum atomic E-state index is 14.2. The highest BCUT2D eigenvalue weighted by Crippen LogP contribution is 2.28. The van der Waals surface area contributed by atoms with Crippen LogP contribution in [-0.4, -0.2) is 21.1 Å². The zero-order chi connectivity index (χ0) is 20.1. The standard InChI is InChI=1S/C20H19FN4O2S/c1-20(2,3)18-24-25-19(28-18)23-17(26)9-7-13-6-8-16(15(21)11-13)27-14-5-4-10-22-12-14/h4-12H,1-3H3,(H,23,25,26)/b9-7+. The first kappa shape index (κ1) is 19.6. The van der Waals surface area contributed by atoms with Gasteiger partial charge in [0.15, 0.2) is 11.6 Å². The average Bonchev–Trinajstić information content (AvgIpc) is 3.12. The van der Waals surface area contributed by atoms with E-state index in [0.29, 0.717) is 16.4 Å². The van der Waals surface area contributed by atoms with E-state index in [1.54, 1.807) is 24.4 Å². The average molecular weight is 398 g/mol. The number of ether oxygens (including phenoxy) is 1. The van der Waals surface area contributed by atoms with Crippen LogP contribution in [0.4, 0.5) is 9.52 Å². The van der Waals surface area contributed by atoms with Crippen LogP contribution >= 0.6 is 11.3 Å². The molecule has 0 spiro atoms. The molecular formula is C20H19FN4O2S. The molecule has 0 aliphatic carbocycles. The molecule has 3 rings (SSSR count). The summed E-state index contributed by atoms with van der Waals surface area (Å²) in [6, 6.07) is 7.83. The van der Waals surface area contributed by atoms with E-state index < -0.39 is 5.82 Å². The number of benzene rings is 1. The third-order valence-electron chi connectivity index (χ3n) is 3.54. The summed E-state index contributed by atoms with van der Waals surface area (Å²) in [5.41, 5.74) is 0.395. The fourth-order valence-corrected chi connectivity index (χ4v) is 2.94. The third-order valence-corrected chi connectivity index (χ3v) is 4.81. The Balaban J connectivity index is 1.63. The molecule has 0 atom stereocenters. The number of carbonyl (C=O) groups excluding carboxylic acids is 1. The Morgan fingerprint density at radius 2 is 2.07 bits per heavy atom. The molecule has 0 unspecified atom stereocenters. The molecule has 2 aromatic heterocycles. The first-order valence-electron chi connectivity index (χ1n) is 8.52. The van der Waals surface area contributed by atoms with Gasteiger partial charge in [0.05, 0.1) is 6.20 Å². The third kappa shape index (κ3) is 5.20. The van der Waals surface area contributed by atoms with Crippen molar-refractivity contribution >= 4 is 28.5 Å². The predicted molar refractivity (Wildman–Crippen MR) is 107 cm³/mol. The van der Waals surface area contributed by atoms with Crippen molar-refractivity contribution in [2.75, 3.05) is 5.32 Å². The maximum Gasteiger partial charge on any atom is 0.250 e. The summed E-state index contributed by atoms with van der Waals surface area (Å²) >= 11 is 1.33. The highest BCUT2D eigenvalue weighted by Gasteiger charge is 2.19. The van der Waals surface area contributed by atoms with Crippen molar-refractivity contribution in [2.24, 2.45) is 0 Å². The molecule has 28 heavy (non-hydrogen) atoms. The molecule has 0 fully saturated rings. The number of carbonyl (C=O) groups is 1. The largest absolute Gasteiger partial charge is 0.453 e. The number of rotatable bonds is 5. The Bertz CT molecular complexity index is 997. The van der Waals surface area contributed by atoms with Crippen LogP contribution in [0.2, 0.25) is 0 Å². The zero-order valence-corrected chi connectivity index (χ0v) is 16.5. The molecule has 1 amide bonds. The van der Waals surface area contributed by atoms with Crippen molar-refractivity contribution < 1.29 is 13.9 Å². The lowest BCUT2D eigenvalue weighted by atomic mass is 9.98. The van der Waals surface area contributed by atoms with Crippen molar-refractivity contribution in [3.8, 4) is 11.5 Å². The monoisotopic (exact) mass is 398 g/mol. The molecule has 8 heteroatoms. The Hall–Kier alpha value is -3.13. The minimum Gasteiger partial charge on any atom is -0.453 e. The summed E-state index contributed by atoms with van der Waals surface area (Å²) in [5, 5.41) is 12.0. The molecule has 1 aromatic carbocycles. The summed E-state index contributed by atoms with van der Waals surface area (Å²) in [7, 11) is 0. The van der Waals surface area contributed by atoms with E-state index in [1.807, 2.05) is 20.8 Å². The van der Waals surface area contributed by atoms with Gasteiger partial charge in [-0.25, -0.2) is 4.39 Å². The summed E-state index contributed by atoms with van der Waals surface area (Å²) < 4.78 is 19.7. The summed E-state index contributed by atoms with van der Waals surface area (Å²) in [6.07, 6.45) is 5.93. The van der Waals surface area contributed by atoms with Crippen LogP contribution in [0.5, 0.6) is 11.5 Å². The van der Waals surface area contributed by atoms with Gasteiger partial charge < -0.3 is 4.74 Å². The highest BCUT2D eigenvalue weighted by atomic mass is 32.1. The zero-order valence-electron chi connectivity index (χ0n) is 15.6. The van der Waals surface area contributed by atoms with E-state index in [9.17, 15) is 9.18 Å². The second kappa shape index (κ2) is 8.26. The Morgan fingerprint density at radius 3 is 2.71 bits per heavy atom. The lowest BCUT2D eigenvalue weighted by Crippen LogP contribution is -2.10. The molecule has 0 aliphatic heterocycles. The normalized spacial score (nSPS) is 11.6. The van der Waals surface area contributed by atoms with Crippen LogP contribution in [0.25, 0.3) is 6.08 Å². The number of nitrogens with one attached hydrogen (secondary N) is 1. The summed E-state index contributed by atoms with van der Waals surface area (Å²) in [6.45, 7) is 6.07. The van der Waals surface area contributed by atoms with Gasteiger partial charge in [-0.1, -0.05) is 38.2 Å². The second-order valence-electron chi connectivity index (χ2n) is 6.97. The van der Waals surface area contributed by atoms with E-state index in [2.05, 4.69) is 20.5 Å². The quantitative estimate of drug-likeness (QED) is 0.624. The topological polar surface area (TPSA) is 77.0 Å². The van der Waals surface area contributed by atoms with Crippen LogP contribution in [0.1, 0.15) is 31.3 Å². The van der Waals surface area contributed by atoms with E-state index in [-0.39, 0.29) is 17.1 Å². The fraction of sp³-hybridized carbons (Fsp3) is 0.200. The van der Waals surface area contributed by atoms with E-state index in [4.69, 9.17) is 4.74 Å². The lowest BCUT2D eigenvalue weighted by molar-refractivity contribution is -0.111. The number of anilines is 1. The molecular weight excluding hydrogens is 379 g/mol. The van der Waals surface area contributed by atoms with Crippen LogP contribution in [0, 0.1) is 5.82 Å². The number of halogens is 1. The van der Waals surface area contributed by atoms with Gasteiger partial charge in [-0.2, -0.15) is 0 Å². The molecule has 0 aliphatic rings. The second-order valence-corrected chi connectivity index (χ2v) is 7.94. The van der Waals surface area contributed by atoms with Crippen LogP contribution in [-0.2, 0) is 10.2 Å². The van der Waals surface area contributed by atoms with Crippen molar-refractivity contribution in [3.05, 3.63) is 65.2 Å². The van der Waals surface area contributed by atoms with Crippen LogP contribution in [0.3, 0.4) is 0 Å². The minimum absolute atomic E-state index is 0.0816. The molecule has 0 saturated carbocycles. The van der Waals surface area contributed by atoms with Crippen molar-refractivity contribution in [1.82, 2.24) is 15.2 Å². The molecule has 0 bridgehead atoms. The van der Waals surface area contributed by atoms with Gasteiger partial charge in [-0.3, -0.25) is 15.1 Å². The number of hydrogen-bond acceptors (Lipinski definition) is 6. The number of aromatic nitrogens is 3. The van der Waals surface area contributed by atoms with Gasteiger partial charge in [0, 0.05) is 17.7 Å². The first-order chi connectivity index (χ1) is 13.3. The minimum atomic E-state index is -0.537. The fourth-order valence-electron chi connectivity index (χ4n) is 2.13. The highest BCUT2D eigenvalue weighted by molar-refractivity contribution is 7.15. The Labute approximate surface area is 166 Å². The number of pyridine rings is 1. The Kier molecular flexibility index (Phi) is 5.79. The van der Waals surface area contributed by atoms with E-state index in [1.165, 1.54) is 41.8 Å². The van der Waals surface area contributed by atoms with Crippen molar-refractivity contribution in [2.45, 2.75) is 26.2 Å². The maximum absolute atomic E-state index is 14.2. The first-order valence-corrected chi connectivity index (χ1v) is 9.33. The van der Waals surface area contributed by atoms with Crippen molar-refractivity contribution in [1.29, 1.82) is 0 Å². The van der Waals surface area contributed by atoms with Crippen LogP contribution in [0.15, 0.2) is 48.8 Å². The van der Waals surface area contributed by atoms with Gasteiger partial charge in [0.1, 0.15) is 10.8 Å². The molecule has 6 nitrogen and oxygen atoms in total. The number of hydrogen-bond donors (Lipinski definition) is 1. The van der Waals surface area contributed by atoms with Gasteiger partial charge in [0.25, 0.3) is 0 Å². The molecule has 3 aromatic rings. The molecule has 1 N–H and O–H groups in total. The van der Waals surface area contributed by atoms with Gasteiger partial charge in [-0.15, -0.1) is 10.2 Å². The van der Waals surface area contributed by atoms with E-state index >= 15 is 0 Å². The lowest BCUT2D eigenvalue weighted by Gasteiger charge is -2.12. The molecule has 0 radical (unpaired) electrons. The van der Waals surface area contributed by atoms with E-state index in [0.717, 1.165) is 5.01 Å². The summed E-state index contributed by atoms with van der Waals surface area (Å²) in [4.78, 5) is 16.0. The molecule has 144 valence electrons. The van der Waals surface area contributed by atoms with Crippen molar-refractivity contribution in [3.63, 3.8) is 0 Å². The van der Waals surface area contributed by atoms with Gasteiger partial charge >= 0.3 is 0 Å². The smallest absolute Gasteiger partial charge is 0.250 e. The van der Waals surface area contributed by atoms with Gasteiger partial charge in [-0.05, 0) is 35.9 Å².